The van der Waals surface area contributed by atoms with Crippen molar-refractivity contribution in [2.45, 2.75) is 92.8 Å². The van der Waals surface area contributed by atoms with Gasteiger partial charge in [-0.25, -0.2) is 0 Å². The van der Waals surface area contributed by atoms with Gasteiger partial charge in [-0.1, -0.05) is 108 Å². The molecule has 0 bridgehead atoms. The minimum Gasteiger partial charge on any atom is -0.399 e. The summed E-state index contributed by atoms with van der Waals surface area (Å²) in [5.74, 6) is 0. The lowest BCUT2D eigenvalue weighted by Gasteiger charge is -2.32. The SMILES string of the molecule is C=CC.CC.CC.CC1(C)c2ccccc2-c2ccc(-n3c4ccccc4c4cc(B5OC(C)(C)C(C)(C)O5)ccc43)cc21. The molecular weight excluding hydrogens is 537 g/mol. The minimum atomic E-state index is -0.379. The lowest BCUT2D eigenvalue weighted by Crippen LogP contribution is -2.41. The summed E-state index contributed by atoms with van der Waals surface area (Å²) in [6.45, 7) is 26.3. The summed E-state index contributed by atoms with van der Waals surface area (Å²) in [6.07, 6.45) is 1.75. The molecular formula is C40H50BNO2. The summed E-state index contributed by atoms with van der Waals surface area (Å²) in [4.78, 5) is 0. The average Bonchev–Trinajstić information content (AvgIpc) is 3.56. The smallest absolute Gasteiger partial charge is 0.399 e. The van der Waals surface area contributed by atoms with Gasteiger partial charge in [0, 0.05) is 21.9 Å². The molecule has 4 aromatic carbocycles. The van der Waals surface area contributed by atoms with Crippen molar-refractivity contribution in [1.29, 1.82) is 0 Å². The summed E-state index contributed by atoms with van der Waals surface area (Å²) in [7, 11) is -0.379. The quantitative estimate of drug-likeness (QED) is 0.152. The highest BCUT2D eigenvalue weighted by molar-refractivity contribution is 6.62. The van der Waals surface area contributed by atoms with Crippen LogP contribution in [0.5, 0.6) is 0 Å². The second-order valence-electron chi connectivity index (χ2n) is 12.5. The molecule has 0 unspecified atom stereocenters. The third-order valence-electron chi connectivity index (χ3n) is 9.05. The summed E-state index contributed by atoms with van der Waals surface area (Å²) < 4.78 is 15.2. The van der Waals surface area contributed by atoms with E-state index in [2.05, 4.69) is 138 Å². The van der Waals surface area contributed by atoms with E-state index in [-0.39, 0.29) is 23.7 Å². The zero-order chi connectivity index (χ0) is 32.4. The molecule has 5 aromatic rings. The third kappa shape index (κ3) is 5.44. The molecule has 0 saturated carbocycles. The van der Waals surface area contributed by atoms with E-state index in [1.54, 1.807) is 6.08 Å². The van der Waals surface area contributed by atoms with Crippen molar-refractivity contribution in [2.24, 2.45) is 0 Å². The first-order valence-corrected chi connectivity index (χ1v) is 16.2. The predicted octanol–water partition coefficient (Wildman–Crippen LogP) is 10.6. The Morgan fingerprint density at radius 3 is 1.84 bits per heavy atom. The van der Waals surface area contributed by atoms with Crippen LogP contribution in [-0.4, -0.2) is 22.9 Å². The van der Waals surface area contributed by atoms with Crippen LogP contribution in [0.25, 0.3) is 38.6 Å². The van der Waals surface area contributed by atoms with E-state index >= 15 is 0 Å². The number of hydrogen-bond donors (Lipinski definition) is 0. The Kier molecular flexibility index (Phi) is 9.68. The van der Waals surface area contributed by atoms with Crippen molar-refractivity contribution in [3.8, 4) is 16.8 Å². The number of nitrogens with zero attached hydrogens (tertiary/aromatic N) is 1. The molecule has 44 heavy (non-hydrogen) atoms. The van der Waals surface area contributed by atoms with Crippen LogP contribution in [0.4, 0.5) is 0 Å². The number of fused-ring (bicyclic) bond motifs is 6. The maximum Gasteiger partial charge on any atom is 0.494 e. The minimum absolute atomic E-state index is 0.0371. The van der Waals surface area contributed by atoms with Gasteiger partial charge in [-0.05, 0) is 86.6 Å². The maximum absolute atomic E-state index is 6.38. The van der Waals surface area contributed by atoms with Crippen LogP contribution in [0.1, 0.15) is 87.3 Å². The number of para-hydroxylation sites is 1. The van der Waals surface area contributed by atoms with Gasteiger partial charge < -0.3 is 13.9 Å². The topological polar surface area (TPSA) is 23.4 Å². The van der Waals surface area contributed by atoms with Gasteiger partial charge in [0.25, 0.3) is 0 Å². The van der Waals surface area contributed by atoms with Crippen LogP contribution in [0.3, 0.4) is 0 Å². The lowest BCUT2D eigenvalue weighted by atomic mass is 9.78. The molecule has 4 heteroatoms. The molecule has 230 valence electrons. The standard InChI is InChI=1S/C33H32BNO2.C3H6.2C2H6/c1-31(2)27-13-9-7-11-23(27)24-17-16-22(20-28(24)31)35-29-14-10-8-12-25(29)26-19-21(15-18-30(26)35)34-36-32(3,4)33(5,6)37-34;1-3-2;2*1-2/h7-20H,1-6H3;3H,1H2,2H3;2*1-2H3. The molecule has 1 aliphatic carbocycles. The second-order valence-corrected chi connectivity index (χ2v) is 12.5. The van der Waals surface area contributed by atoms with Crippen molar-refractivity contribution in [2.75, 3.05) is 0 Å². The lowest BCUT2D eigenvalue weighted by molar-refractivity contribution is 0.00578. The zero-order valence-corrected chi connectivity index (χ0v) is 28.7. The first kappa shape index (κ1) is 33.3. The Labute approximate surface area is 266 Å². The summed E-state index contributed by atoms with van der Waals surface area (Å²) in [5, 5.41) is 2.45. The molecule has 0 amide bonds. The van der Waals surface area contributed by atoms with Gasteiger partial charge >= 0.3 is 7.12 Å². The number of aromatic nitrogens is 1. The van der Waals surface area contributed by atoms with Crippen LogP contribution in [0.15, 0.2) is 97.6 Å². The molecule has 0 N–H and O–H groups in total. The molecule has 3 nitrogen and oxygen atoms in total. The van der Waals surface area contributed by atoms with Crippen molar-refractivity contribution in [3.63, 3.8) is 0 Å². The van der Waals surface area contributed by atoms with Crippen molar-refractivity contribution in [3.05, 3.63) is 109 Å². The van der Waals surface area contributed by atoms with Gasteiger partial charge in [0.05, 0.1) is 22.2 Å². The van der Waals surface area contributed by atoms with E-state index in [9.17, 15) is 0 Å². The number of allylic oxidation sites excluding steroid dienone is 1. The van der Waals surface area contributed by atoms with E-state index in [4.69, 9.17) is 9.31 Å². The van der Waals surface area contributed by atoms with Crippen molar-refractivity contribution in [1.82, 2.24) is 4.57 Å². The highest BCUT2D eigenvalue weighted by Crippen LogP contribution is 2.49. The van der Waals surface area contributed by atoms with E-state index in [1.165, 1.54) is 49.7 Å². The zero-order valence-electron chi connectivity index (χ0n) is 28.7. The molecule has 0 atom stereocenters. The molecule has 1 saturated heterocycles. The Balaban J connectivity index is 0.000000586. The Morgan fingerprint density at radius 1 is 0.636 bits per heavy atom. The Hall–Kier alpha value is -3.60. The van der Waals surface area contributed by atoms with Crippen molar-refractivity contribution < 1.29 is 9.31 Å². The Bertz CT molecular complexity index is 1760. The van der Waals surface area contributed by atoms with Crippen LogP contribution < -0.4 is 5.46 Å². The van der Waals surface area contributed by atoms with Gasteiger partial charge in [-0.3, -0.25) is 0 Å². The number of rotatable bonds is 2. The molecule has 7 rings (SSSR count). The van der Waals surface area contributed by atoms with Gasteiger partial charge in [0.15, 0.2) is 0 Å². The number of benzene rings is 4. The highest BCUT2D eigenvalue weighted by Gasteiger charge is 2.51. The third-order valence-corrected chi connectivity index (χ3v) is 9.05. The van der Waals surface area contributed by atoms with Crippen LogP contribution in [0.2, 0.25) is 0 Å². The monoisotopic (exact) mass is 587 g/mol. The largest absolute Gasteiger partial charge is 0.494 e. The fraction of sp³-hybridized carbons (Fsp3) is 0.350. The van der Waals surface area contributed by atoms with Crippen LogP contribution in [0, 0.1) is 0 Å². The van der Waals surface area contributed by atoms with E-state index < -0.39 is 0 Å². The highest BCUT2D eigenvalue weighted by atomic mass is 16.7. The normalized spacial score (nSPS) is 16.5. The number of hydrogen-bond acceptors (Lipinski definition) is 2. The van der Waals surface area contributed by atoms with Crippen LogP contribution in [-0.2, 0) is 14.7 Å². The molecule has 2 heterocycles. The second kappa shape index (κ2) is 12.8. The summed E-state index contributed by atoms with van der Waals surface area (Å²) in [6, 6.07) is 31.1. The van der Waals surface area contributed by atoms with Gasteiger partial charge in [-0.15, -0.1) is 6.58 Å². The van der Waals surface area contributed by atoms with Crippen molar-refractivity contribution >= 4 is 34.4 Å². The van der Waals surface area contributed by atoms with E-state index in [1.807, 2.05) is 34.6 Å². The van der Waals surface area contributed by atoms with Crippen LogP contribution >= 0.6 is 0 Å². The molecule has 1 aromatic heterocycles. The average molecular weight is 588 g/mol. The van der Waals surface area contributed by atoms with E-state index in [0.717, 1.165) is 5.46 Å². The maximum atomic E-state index is 6.38. The molecule has 1 fully saturated rings. The fourth-order valence-corrected chi connectivity index (χ4v) is 6.23. The predicted molar refractivity (Wildman–Crippen MR) is 193 cm³/mol. The summed E-state index contributed by atoms with van der Waals surface area (Å²) in [5.41, 5.74) is 9.34. The van der Waals surface area contributed by atoms with Gasteiger partial charge in [-0.2, -0.15) is 0 Å². The molecule has 0 radical (unpaired) electrons. The molecule has 1 aliphatic heterocycles. The van der Waals surface area contributed by atoms with Gasteiger partial charge in [0.2, 0.25) is 0 Å². The van der Waals surface area contributed by atoms with E-state index in [0.29, 0.717) is 0 Å². The van der Waals surface area contributed by atoms with Gasteiger partial charge in [0.1, 0.15) is 0 Å². The first-order valence-electron chi connectivity index (χ1n) is 16.2. The Morgan fingerprint density at radius 2 is 1.18 bits per heavy atom. The summed E-state index contributed by atoms with van der Waals surface area (Å²) >= 11 is 0. The molecule has 2 aliphatic rings. The fourth-order valence-electron chi connectivity index (χ4n) is 6.23. The first-order chi connectivity index (χ1) is 21.0. The molecule has 0 spiro atoms.